The topological polar surface area (TPSA) is 34.9 Å². The van der Waals surface area contributed by atoms with Gasteiger partial charge >= 0.3 is 0 Å². The van der Waals surface area contributed by atoms with Gasteiger partial charge in [0.25, 0.3) is 0 Å². The molecule has 0 unspecified atom stereocenters. The van der Waals surface area contributed by atoms with Crippen LogP contribution in [0, 0.1) is 11.7 Å². The SMILES string of the molecule is CC(C)CCn1cc(C=O)c(-c2ccc(F)cc2Cl)n1. The lowest BCUT2D eigenvalue weighted by Gasteiger charge is -2.04. The quantitative estimate of drug-likeness (QED) is 0.775. The fourth-order valence-corrected chi connectivity index (χ4v) is 2.18. The van der Waals surface area contributed by atoms with Crippen LogP contribution in [0.2, 0.25) is 5.02 Å². The van der Waals surface area contributed by atoms with Crippen LogP contribution >= 0.6 is 11.6 Å². The van der Waals surface area contributed by atoms with E-state index in [1.54, 1.807) is 16.9 Å². The van der Waals surface area contributed by atoms with Gasteiger partial charge in [0.2, 0.25) is 0 Å². The highest BCUT2D eigenvalue weighted by Gasteiger charge is 2.14. The Morgan fingerprint density at radius 3 is 2.80 bits per heavy atom. The summed E-state index contributed by atoms with van der Waals surface area (Å²) >= 11 is 6.02. The zero-order valence-corrected chi connectivity index (χ0v) is 12.2. The molecule has 0 saturated carbocycles. The largest absolute Gasteiger partial charge is 0.298 e. The first-order valence-electron chi connectivity index (χ1n) is 6.49. The summed E-state index contributed by atoms with van der Waals surface area (Å²) in [5.74, 6) is 0.141. The molecule has 2 aromatic rings. The van der Waals surface area contributed by atoms with Crippen LogP contribution in [0.15, 0.2) is 24.4 Å². The highest BCUT2D eigenvalue weighted by Crippen LogP contribution is 2.29. The minimum absolute atomic E-state index is 0.252. The van der Waals surface area contributed by atoms with E-state index in [2.05, 4.69) is 18.9 Å². The van der Waals surface area contributed by atoms with Crippen molar-refractivity contribution in [2.24, 2.45) is 5.92 Å². The second-order valence-corrected chi connectivity index (χ2v) is 5.53. The summed E-state index contributed by atoms with van der Waals surface area (Å²) in [5, 5.41) is 4.64. The third kappa shape index (κ3) is 3.25. The number of aryl methyl sites for hydroxylation is 1. The molecular weight excluding hydrogens is 279 g/mol. The molecule has 0 radical (unpaired) electrons. The fraction of sp³-hybridized carbons (Fsp3) is 0.333. The predicted molar refractivity (Wildman–Crippen MR) is 77.5 cm³/mol. The molecule has 0 N–H and O–H groups in total. The molecule has 1 aromatic heterocycles. The van der Waals surface area contributed by atoms with Gasteiger partial charge in [0.05, 0.1) is 10.6 Å². The Morgan fingerprint density at radius 2 is 2.20 bits per heavy atom. The molecule has 0 atom stereocenters. The van der Waals surface area contributed by atoms with Crippen LogP contribution in [0.5, 0.6) is 0 Å². The summed E-state index contributed by atoms with van der Waals surface area (Å²) in [5.41, 5.74) is 1.52. The maximum atomic E-state index is 13.1. The molecular formula is C15H16ClFN2O. The molecule has 2 rings (SSSR count). The lowest BCUT2D eigenvalue weighted by Crippen LogP contribution is -2.02. The smallest absolute Gasteiger partial charge is 0.153 e. The van der Waals surface area contributed by atoms with Gasteiger partial charge in [-0.2, -0.15) is 5.10 Å². The van der Waals surface area contributed by atoms with Crippen LogP contribution in [0.1, 0.15) is 30.6 Å². The number of benzene rings is 1. The number of hydrogen-bond acceptors (Lipinski definition) is 2. The number of halogens is 2. The first-order chi connectivity index (χ1) is 9.51. The van der Waals surface area contributed by atoms with Crippen LogP contribution in [0.3, 0.4) is 0 Å². The van der Waals surface area contributed by atoms with Crippen LogP contribution in [0.4, 0.5) is 4.39 Å². The van der Waals surface area contributed by atoms with Crippen molar-refractivity contribution in [1.82, 2.24) is 9.78 Å². The van der Waals surface area contributed by atoms with Gasteiger partial charge in [-0.1, -0.05) is 25.4 Å². The Hall–Kier alpha value is -1.68. The van der Waals surface area contributed by atoms with E-state index >= 15 is 0 Å². The van der Waals surface area contributed by atoms with Crippen LogP contribution in [-0.4, -0.2) is 16.1 Å². The number of carbonyl (C=O) groups is 1. The van der Waals surface area contributed by atoms with Crippen molar-refractivity contribution in [3.8, 4) is 11.3 Å². The van der Waals surface area contributed by atoms with E-state index < -0.39 is 5.82 Å². The molecule has 106 valence electrons. The van der Waals surface area contributed by atoms with E-state index in [1.165, 1.54) is 12.1 Å². The summed E-state index contributed by atoms with van der Waals surface area (Å²) in [6, 6.07) is 4.07. The second-order valence-electron chi connectivity index (χ2n) is 5.12. The van der Waals surface area contributed by atoms with Crippen molar-refractivity contribution < 1.29 is 9.18 Å². The lowest BCUT2D eigenvalue weighted by molar-refractivity contribution is 0.112. The molecule has 0 aliphatic rings. The fourth-order valence-electron chi connectivity index (χ4n) is 1.92. The zero-order valence-electron chi connectivity index (χ0n) is 11.4. The Labute approximate surface area is 122 Å². The van der Waals surface area contributed by atoms with Gasteiger partial charge in [-0.25, -0.2) is 4.39 Å². The molecule has 0 amide bonds. The van der Waals surface area contributed by atoms with Crippen molar-refractivity contribution in [3.05, 3.63) is 40.8 Å². The van der Waals surface area contributed by atoms with E-state index in [9.17, 15) is 9.18 Å². The average molecular weight is 295 g/mol. The van der Waals surface area contributed by atoms with Crippen molar-refractivity contribution in [1.29, 1.82) is 0 Å². The number of rotatable bonds is 5. The maximum absolute atomic E-state index is 13.1. The first-order valence-corrected chi connectivity index (χ1v) is 6.87. The Kier molecular flexibility index (Phi) is 4.55. The number of hydrogen-bond donors (Lipinski definition) is 0. The summed E-state index contributed by atoms with van der Waals surface area (Å²) in [6.45, 7) is 4.99. The molecule has 1 heterocycles. The third-order valence-corrected chi connectivity index (χ3v) is 3.35. The highest BCUT2D eigenvalue weighted by molar-refractivity contribution is 6.33. The standard InChI is InChI=1S/C15H16ClFN2O/c1-10(2)5-6-19-8-11(9-20)15(18-19)13-4-3-12(17)7-14(13)16/h3-4,7-10H,5-6H2,1-2H3. The summed E-state index contributed by atoms with van der Waals surface area (Å²) in [4.78, 5) is 11.2. The highest BCUT2D eigenvalue weighted by atomic mass is 35.5. The molecule has 0 spiro atoms. The van der Waals surface area contributed by atoms with Gasteiger partial charge in [0, 0.05) is 18.3 Å². The number of aldehydes is 1. The van der Waals surface area contributed by atoms with Gasteiger partial charge in [-0.05, 0) is 30.5 Å². The number of carbonyl (C=O) groups excluding carboxylic acids is 1. The molecule has 0 aliphatic carbocycles. The van der Waals surface area contributed by atoms with Gasteiger partial charge in [0.15, 0.2) is 6.29 Å². The summed E-state index contributed by atoms with van der Waals surface area (Å²) in [7, 11) is 0. The van der Waals surface area contributed by atoms with Gasteiger partial charge in [-0.15, -0.1) is 0 Å². The summed E-state index contributed by atoms with van der Waals surface area (Å²) < 4.78 is 14.8. The first kappa shape index (κ1) is 14.7. The van der Waals surface area contributed by atoms with Crippen LogP contribution in [-0.2, 0) is 6.54 Å². The molecule has 0 aliphatic heterocycles. The van der Waals surface area contributed by atoms with Crippen molar-refractivity contribution in [3.63, 3.8) is 0 Å². The van der Waals surface area contributed by atoms with E-state index in [0.29, 0.717) is 22.7 Å². The Morgan fingerprint density at radius 1 is 1.45 bits per heavy atom. The van der Waals surface area contributed by atoms with Gasteiger partial charge in [0.1, 0.15) is 11.5 Å². The molecule has 0 bridgehead atoms. The lowest BCUT2D eigenvalue weighted by atomic mass is 10.1. The Bertz CT molecular complexity index is 622. The Balaban J connectivity index is 2.37. The molecule has 5 heteroatoms. The third-order valence-electron chi connectivity index (χ3n) is 3.04. The van der Waals surface area contributed by atoms with E-state index in [-0.39, 0.29) is 5.02 Å². The number of aromatic nitrogens is 2. The van der Waals surface area contributed by atoms with Crippen LogP contribution in [0.25, 0.3) is 11.3 Å². The minimum atomic E-state index is -0.411. The van der Waals surface area contributed by atoms with Gasteiger partial charge < -0.3 is 0 Å². The zero-order chi connectivity index (χ0) is 14.7. The molecule has 0 saturated heterocycles. The minimum Gasteiger partial charge on any atom is -0.298 e. The van der Waals surface area contributed by atoms with Crippen LogP contribution < -0.4 is 0 Å². The molecule has 3 nitrogen and oxygen atoms in total. The predicted octanol–water partition coefficient (Wildman–Crippen LogP) is 4.20. The normalized spacial score (nSPS) is 11.1. The number of nitrogens with zero attached hydrogens (tertiary/aromatic N) is 2. The van der Waals surface area contributed by atoms with E-state index in [1.807, 2.05) is 0 Å². The molecule has 20 heavy (non-hydrogen) atoms. The van der Waals surface area contributed by atoms with Crippen molar-refractivity contribution in [2.45, 2.75) is 26.8 Å². The molecule has 0 fully saturated rings. The molecule has 1 aromatic carbocycles. The van der Waals surface area contributed by atoms with Crippen molar-refractivity contribution in [2.75, 3.05) is 0 Å². The second kappa shape index (κ2) is 6.18. The van der Waals surface area contributed by atoms with E-state index in [0.717, 1.165) is 19.3 Å². The average Bonchev–Trinajstić information content (AvgIpc) is 2.79. The monoisotopic (exact) mass is 294 g/mol. The summed E-state index contributed by atoms with van der Waals surface area (Å²) in [6.07, 6.45) is 3.41. The van der Waals surface area contributed by atoms with E-state index in [4.69, 9.17) is 11.6 Å². The maximum Gasteiger partial charge on any atom is 0.153 e. The van der Waals surface area contributed by atoms with Crippen molar-refractivity contribution >= 4 is 17.9 Å². The van der Waals surface area contributed by atoms with Gasteiger partial charge in [-0.3, -0.25) is 9.48 Å².